The van der Waals surface area contributed by atoms with Crippen LogP contribution in [0.3, 0.4) is 0 Å². The number of hydrogen-bond donors (Lipinski definition) is 1. The first-order valence-corrected chi connectivity index (χ1v) is 9.76. The highest BCUT2D eigenvalue weighted by atomic mass is 32.1. The van der Waals surface area contributed by atoms with Crippen molar-refractivity contribution in [1.82, 2.24) is 10.2 Å². The van der Waals surface area contributed by atoms with Crippen LogP contribution in [0.5, 0.6) is 5.75 Å². The number of methoxy groups -OCH3 is 1. The van der Waals surface area contributed by atoms with Gasteiger partial charge in [0.1, 0.15) is 5.75 Å². The molecule has 0 aliphatic carbocycles. The molecular formula is C20H26N2O2S. The third-order valence-corrected chi connectivity index (χ3v) is 5.66. The quantitative estimate of drug-likeness (QED) is 0.825. The van der Waals surface area contributed by atoms with E-state index in [9.17, 15) is 4.79 Å². The van der Waals surface area contributed by atoms with Crippen molar-refractivity contribution >= 4 is 17.2 Å². The summed E-state index contributed by atoms with van der Waals surface area (Å²) in [6.45, 7) is 4.07. The summed E-state index contributed by atoms with van der Waals surface area (Å²) in [5.74, 6) is 1.44. The van der Waals surface area contributed by atoms with Gasteiger partial charge in [0.2, 0.25) is 5.91 Å². The molecule has 25 heavy (non-hydrogen) atoms. The first-order valence-electron chi connectivity index (χ1n) is 8.88. The topological polar surface area (TPSA) is 41.6 Å². The number of carbonyl (C=O) groups is 1. The number of piperidine rings is 1. The predicted molar refractivity (Wildman–Crippen MR) is 102 cm³/mol. The number of likely N-dealkylation sites (tertiary alicyclic amines) is 1. The minimum atomic E-state index is 0.0746. The Morgan fingerprint density at radius 1 is 1.24 bits per heavy atom. The lowest BCUT2D eigenvalue weighted by molar-refractivity contribution is -0.120. The zero-order valence-electron chi connectivity index (χ0n) is 14.7. The molecule has 2 heterocycles. The molecule has 5 heteroatoms. The number of hydrogen-bond acceptors (Lipinski definition) is 4. The lowest BCUT2D eigenvalue weighted by Gasteiger charge is -2.31. The third-order valence-electron chi connectivity index (χ3n) is 4.80. The molecule has 0 bridgehead atoms. The van der Waals surface area contributed by atoms with Gasteiger partial charge < -0.3 is 10.1 Å². The maximum atomic E-state index is 12.2. The average molecular weight is 359 g/mol. The van der Waals surface area contributed by atoms with E-state index in [4.69, 9.17) is 4.74 Å². The molecule has 0 unspecified atom stereocenters. The van der Waals surface area contributed by atoms with Crippen LogP contribution in [-0.4, -0.2) is 37.6 Å². The number of ether oxygens (including phenoxy) is 1. The summed E-state index contributed by atoms with van der Waals surface area (Å²) < 4.78 is 5.31. The molecule has 1 saturated heterocycles. The second-order valence-corrected chi connectivity index (χ2v) is 7.62. The van der Waals surface area contributed by atoms with Gasteiger partial charge in [0.05, 0.1) is 13.5 Å². The Morgan fingerprint density at radius 2 is 2.04 bits per heavy atom. The molecule has 0 saturated carbocycles. The SMILES string of the molecule is COc1ccccc1CC(=O)NCC1CCN(Cc2cccs2)CC1. The fraction of sp³-hybridized carbons (Fsp3) is 0.450. The largest absolute Gasteiger partial charge is 0.496 e. The van der Waals surface area contributed by atoms with Crippen molar-refractivity contribution in [2.24, 2.45) is 5.92 Å². The molecule has 1 fully saturated rings. The highest BCUT2D eigenvalue weighted by Crippen LogP contribution is 2.21. The summed E-state index contributed by atoms with van der Waals surface area (Å²) in [7, 11) is 1.64. The Bertz CT molecular complexity index is 664. The zero-order chi connectivity index (χ0) is 17.5. The number of nitrogens with zero attached hydrogens (tertiary/aromatic N) is 1. The van der Waals surface area contributed by atoms with E-state index in [1.54, 1.807) is 7.11 Å². The lowest BCUT2D eigenvalue weighted by atomic mass is 9.96. The monoisotopic (exact) mass is 358 g/mol. The number of benzene rings is 1. The minimum Gasteiger partial charge on any atom is -0.496 e. The van der Waals surface area contributed by atoms with Crippen molar-refractivity contribution in [3.05, 3.63) is 52.2 Å². The Labute approximate surface area is 153 Å². The molecule has 0 spiro atoms. The first-order chi connectivity index (χ1) is 12.2. The maximum absolute atomic E-state index is 12.2. The third kappa shape index (κ3) is 5.31. The number of nitrogens with one attached hydrogen (secondary N) is 1. The Hall–Kier alpha value is -1.85. The van der Waals surface area contributed by atoms with Gasteiger partial charge in [0.25, 0.3) is 0 Å². The van der Waals surface area contributed by atoms with Crippen LogP contribution < -0.4 is 10.1 Å². The normalized spacial score (nSPS) is 15.9. The van der Waals surface area contributed by atoms with Crippen LogP contribution >= 0.6 is 11.3 Å². The van der Waals surface area contributed by atoms with Crippen LogP contribution in [0, 0.1) is 5.92 Å². The van der Waals surface area contributed by atoms with Crippen LogP contribution in [0.2, 0.25) is 0 Å². The predicted octanol–water partition coefficient (Wildman–Crippen LogP) is 3.33. The van der Waals surface area contributed by atoms with Crippen LogP contribution in [0.25, 0.3) is 0 Å². The van der Waals surface area contributed by atoms with Gasteiger partial charge in [0.15, 0.2) is 0 Å². The minimum absolute atomic E-state index is 0.0746. The highest BCUT2D eigenvalue weighted by molar-refractivity contribution is 7.09. The van der Waals surface area contributed by atoms with Crippen LogP contribution in [-0.2, 0) is 17.8 Å². The highest BCUT2D eigenvalue weighted by Gasteiger charge is 2.20. The number of amides is 1. The summed E-state index contributed by atoms with van der Waals surface area (Å²) in [5.41, 5.74) is 0.938. The number of thiophene rings is 1. The van der Waals surface area contributed by atoms with Crippen molar-refractivity contribution in [3.63, 3.8) is 0 Å². The molecule has 4 nitrogen and oxygen atoms in total. The standard InChI is InChI=1S/C20H26N2O2S/c1-24-19-7-3-2-5-17(19)13-20(23)21-14-16-8-10-22(11-9-16)15-18-6-4-12-25-18/h2-7,12,16H,8-11,13-15H2,1H3,(H,21,23). The van der Waals surface area contributed by atoms with Gasteiger partial charge in [-0.3, -0.25) is 9.69 Å². The van der Waals surface area contributed by atoms with Crippen molar-refractivity contribution in [3.8, 4) is 5.75 Å². The molecule has 1 aliphatic rings. The summed E-state index contributed by atoms with van der Waals surface area (Å²) in [5, 5.41) is 5.24. The van der Waals surface area contributed by atoms with Gasteiger partial charge in [-0.2, -0.15) is 0 Å². The molecule has 1 aliphatic heterocycles. The van der Waals surface area contributed by atoms with Gasteiger partial charge in [-0.25, -0.2) is 0 Å². The molecule has 1 N–H and O–H groups in total. The molecule has 1 aromatic heterocycles. The fourth-order valence-electron chi connectivity index (χ4n) is 3.31. The first kappa shape index (κ1) is 18.0. The number of para-hydroxylation sites is 1. The van der Waals surface area contributed by atoms with E-state index in [2.05, 4.69) is 27.7 Å². The van der Waals surface area contributed by atoms with Gasteiger partial charge in [0, 0.05) is 23.5 Å². The van der Waals surface area contributed by atoms with Crippen molar-refractivity contribution in [2.45, 2.75) is 25.8 Å². The average Bonchev–Trinajstić information content (AvgIpc) is 3.15. The van der Waals surface area contributed by atoms with Crippen LogP contribution in [0.15, 0.2) is 41.8 Å². The van der Waals surface area contributed by atoms with Gasteiger partial charge in [-0.1, -0.05) is 24.3 Å². The second-order valence-electron chi connectivity index (χ2n) is 6.59. The zero-order valence-corrected chi connectivity index (χ0v) is 15.6. The Balaban J connectivity index is 1.38. The molecule has 3 rings (SSSR count). The van der Waals surface area contributed by atoms with Crippen LogP contribution in [0.1, 0.15) is 23.3 Å². The fourth-order valence-corrected chi connectivity index (χ4v) is 4.06. The second kappa shape index (κ2) is 9.02. The molecule has 0 atom stereocenters. The van der Waals surface area contributed by atoms with E-state index < -0.39 is 0 Å². The van der Waals surface area contributed by atoms with E-state index in [0.717, 1.165) is 50.3 Å². The lowest BCUT2D eigenvalue weighted by Crippen LogP contribution is -2.38. The summed E-state index contributed by atoms with van der Waals surface area (Å²) in [6.07, 6.45) is 2.68. The Kier molecular flexibility index (Phi) is 6.48. The molecule has 134 valence electrons. The smallest absolute Gasteiger partial charge is 0.224 e. The Morgan fingerprint density at radius 3 is 2.76 bits per heavy atom. The van der Waals surface area contributed by atoms with Gasteiger partial charge in [-0.15, -0.1) is 11.3 Å². The van der Waals surface area contributed by atoms with E-state index in [1.165, 1.54) is 4.88 Å². The molecule has 1 amide bonds. The van der Waals surface area contributed by atoms with E-state index in [-0.39, 0.29) is 5.91 Å². The molecule has 1 aromatic carbocycles. The van der Waals surface area contributed by atoms with Gasteiger partial charge >= 0.3 is 0 Å². The van der Waals surface area contributed by atoms with Crippen molar-refractivity contribution in [1.29, 1.82) is 0 Å². The van der Waals surface area contributed by atoms with E-state index in [1.807, 2.05) is 35.6 Å². The van der Waals surface area contributed by atoms with Gasteiger partial charge in [-0.05, 0) is 49.4 Å². The molecule has 0 radical (unpaired) electrons. The van der Waals surface area contributed by atoms with E-state index >= 15 is 0 Å². The van der Waals surface area contributed by atoms with Crippen molar-refractivity contribution < 1.29 is 9.53 Å². The number of carbonyl (C=O) groups excluding carboxylic acids is 1. The molecule has 2 aromatic rings. The molecular weight excluding hydrogens is 332 g/mol. The summed E-state index contributed by atoms with van der Waals surface area (Å²) in [4.78, 5) is 16.2. The van der Waals surface area contributed by atoms with E-state index in [0.29, 0.717) is 12.3 Å². The van der Waals surface area contributed by atoms with Crippen LogP contribution in [0.4, 0.5) is 0 Å². The maximum Gasteiger partial charge on any atom is 0.224 e. The summed E-state index contributed by atoms with van der Waals surface area (Å²) in [6, 6.07) is 12.0. The summed E-state index contributed by atoms with van der Waals surface area (Å²) >= 11 is 1.83. The van der Waals surface area contributed by atoms with Crippen molar-refractivity contribution in [2.75, 3.05) is 26.7 Å². The number of rotatable bonds is 7.